The second-order valence-corrected chi connectivity index (χ2v) is 3.15. The van der Waals surface area contributed by atoms with Gasteiger partial charge in [-0.2, -0.15) is 8.78 Å². The van der Waals surface area contributed by atoms with Crippen LogP contribution in [-0.4, -0.2) is 18.3 Å². The van der Waals surface area contributed by atoms with E-state index >= 15 is 0 Å². The fraction of sp³-hybridized carbons (Fsp3) is 0.222. The van der Waals surface area contributed by atoms with E-state index in [-0.39, 0.29) is 5.75 Å². The van der Waals surface area contributed by atoms with Crippen LogP contribution in [0, 0.1) is 5.82 Å². The molecule has 0 atom stereocenters. The number of hydrogen-bond acceptors (Lipinski definition) is 2. The third-order valence-corrected chi connectivity index (χ3v) is 1.84. The average molecular weight is 239 g/mol. The molecular weight excluding hydrogens is 233 g/mol. The molecule has 0 bridgehead atoms. The summed E-state index contributed by atoms with van der Waals surface area (Å²) >= 11 is 4.51. The number of ether oxygens (including phenoxy) is 1. The first-order chi connectivity index (χ1) is 6.86. The lowest BCUT2D eigenvalue weighted by atomic mass is 10.1. The summed E-state index contributed by atoms with van der Waals surface area (Å²) in [5.41, 5.74) is -0.506. The number of ketones is 1. The van der Waals surface area contributed by atoms with Crippen molar-refractivity contribution in [2.45, 2.75) is 5.38 Å². The zero-order valence-corrected chi connectivity index (χ0v) is 8.32. The summed E-state index contributed by atoms with van der Waals surface area (Å²) in [5.74, 6) is -2.68. The fourth-order valence-electron chi connectivity index (χ4n) is 0.971. The zero-order chi connectivity index (χ0) is 11.6. The highest BCUT2D eigenvalue weighted by Gasteiger charge is 2.36. The van der Waals surface area contributed by atoms with Crippen LogP contribution >= 0.6 is 11.6 Å². The van der Waals surface area contributed by atoms with Crippen LogP contribution in [0.5, 0.6) is 5.75 Å². The zero-order valence-electron chi connectivity index (χ0n) is 7.56. The van der Waals surface area contributed by atoms with E-state index in [1.807, 2.05) is 0 Å². The van der Waals surface area contributed by atoms with Crippen molar-refractivity contribution in [3.8, 4) is 5.75 Å². The highest BCUT2D eigenvalue weighted by molar-refractivity contribution is 6.35. The molecular formula is C9H6ClF3O2. The van der Waals surface area contributed by atoms with E-state index in [0.29, 0.717) is 6.07 Å². The predicted octanol–water partition coefficient (Wildman–Crippen LogP) is 2.85. The minimum absolute atomic E-state index is 0.135. The molecule has 0 aliphatic carbocycles. The molecule has 0 saturated carbocycles. The van der Waals surface area contributed by atoms with Crippen LogP contribution in [0.1, 0.15) is 10.4 Å². The summed E-state index contributed by atoms with van der Waals surface area (Å²) in [6.45, 7) is 0. The summed E-state index contributed by atoms with van der Waals surface area (Å²) in [5, 5.41) is -4.03. The van der Waals surface area contributed by atoms with Crippen LogP contribution in [0.3, 0.4) is 0 Å². The van der Waals surface area contributed by atoms with Crippen molar-refractivity contribution in [2.75, 3.05) is 7.11 Å². The molecule has 0 saturated heterocycles. The third kappa shape index (κ3) is 2.62. The van der Waals surface area contributed by atoms with Gasteiger partial charge < -0.3 is 4.74 Å². The summed E-state index contributed by atoms with van der Waals surface area (Å²) in [6, 6.07) is 2.74. The minimum Gasteiger partial charge on any atom is -0.494 e. The Labute approximate surface area is 88.6 Å². The monoisotopic (exact) mass is 238 g/mol. The van der Waals surface area contributed by atoms with E-state index in [2.05, 4.69) is 16.3 Å². The molecule has 0 radical (unpaired) electrons. The molecule has 0 heterocycles. The van der Waals surface area contributed by atoms with Gasteiger partial charge in [-0.05, 0) is 29.8 Å². The van der Waals surface area contributed by atoms with E-state index in [0.717, 1.165) is 12.1 Å². The molecule has 0 aromatic heterocycles. The molecule has 15 heavy (non-hydrogen) atoms. The summed E-state index contributed by atoms with van der Waals surface area (Å²) < 4.78 is 42.3. The standard InChI is InChI=1S/C9H6ClF3O2/c1-15-7-3-2-5(4-6(7)11)8(14)9(10,12)13/h2-4H,1H3. The van der Waals surface area contributed by atoms with Crippen LogP contribution < -0.4 is 4.74 Å². The van der Waals surface area contributed by atoms with Crippen LogP contribution in [0.15, 0.2) is 18.2 Å². The molecule has 0 unspecified atom stereocenters. The largest absolute Gasteiger partial charge is 0.494 e. The van der Waals surface area contributed by atoms with Gasteiger partial charge in [-0.25, -0.2) is 4.39 Å². The van der Waals surface area contributed by atoms with E-state index in [4.69, 9.17) is 0 Å². The van der Waals surface area contributed by atoms with Crippen LogP contribution in [0.4, 0.5) is 13.2 Å². The summed E-state index contributed by atoms with van der Waals surface area (Å²) in [7, 11) is 1.22. The Morgan fingerprint density at radius 3 is 2.47 bits per heavy atom. The smallest absolute Gasteiger partial charge is 0.384 e. The second-order valence-electron chi connectivity index (χ2n) is 2.68. The Hall–Kier alpha value is -1.23. The van der Waals surface area contributed by atoms with E-state index in [9.17, 15) is 18.0 Å². The quantitative estimate of drug-likeness (QED) is 0.598. The normalized spacial score (nSPS) is 11.3. The number of halogens is 4. The number of alkyl halides is 3. The Morgan fingerprint density at radius 2 is 2.07 bits per heavy atom. The highest BCUT2D eigenvalue weighted by atomic mass is 35.5. The Bertz CT molecular complexity index is 387. The van der Waals surface area contributed by atoms with Gasteiger partial charge in [0.25, 0.3) is 0 Å². The average Bonchev–Trinajstić information content (AvgIpc) is 2.15. The number of Topliss-reactive ketones (excluding diaryl/α,β-unsaturated/α-hetero) is 1. The molecule has 0 fully saturated rings. The fourth-order valence-corrected chi connectivity index (χ4v) is 1.08. The van der Waals surface area contributed by atoms with Crippen molar-refractivity contribution in [1.82, 2.24) is 0 Å². The number of rotatable bonds is 3. The van der Waals surface area contributed by atoms with Crippen molar-refractivity contribution in [1.29, 1.82) is 0 Å². The lowest BCUT2D eigenvalue weighted by Crippen LogP contribution is -2.21. The number of carbonyl (C=O) groups excluding carboxylic acids is 1. The molecule has 1 aromatic rings. The van der Waals surface area contributed by atoms with Crippen LogP contribution in [0.2, 0.25) is 0 Å². The lowest BCUT2D eigenvalue weighted by molar-refractivity contribution is 0.0535. The number of benzene rings is 1. The summed E-state index contributed by atoms with van der Waals surface area (Å²) in [6.07, 6.45) is 0. The molecule has 1 rings (SSSR count). The molecule has 0 N–H and O–H groups in total. The Balaban J connectivity index is 3.08. The molecule has 1 aromatic carbocycles. The third-order valence-electron chi connectivity index (χ3n) is 1.67. The Kier molecular flexibility index (Phi) is 3.24. The number of methoxy groups -OCH3 is 1. The van der Waals surface area contributed by atoms with Gasteiger partial charge in [-0.15, -0.1) is 0 Å². The van der Waals surface area contributed by atoms with Gasteiger partial charge >= 0.3 is 5.38 Å². The SMILES string of the molecule is COc1ccc(C(=O)C(F)(F)Cl)cc1F. The van der Waals surface area contributed by atoms with Crippen molar-refractivity contribution in [2.24, 2.45) is 0 Å². The van der Waals surface area contributed by atoms with Gasteiger partial charge in [0.05, 0.1) is 7.11 Å². The number of carbonyl (C=O) groups is 1. The lowest BCUT2D eigenvalue weighted by Gasteiger charge is -2.07. The van der Waals surface area contributed by atoms with Gasteiger partial charge in [0, 0.05) is 5.56 Å². The molecule has 0 aliphatic heterocycles. The Morgan fingerprint density at radius 1 is 1.47 bits per heavy atom. The van der Waals surface area contributed by atoms with Gasteiger partial charge in [0.2, 0.25) is 5.78 Å². The molecule has 6 heteroatoms. The van der Waals surface area contributed by atoms with Gasteiger partial charge in [0.1, 0.15) is 0 Å². The van der Waals surface area contributed by atoms with E-state index in [1.54, 1.807) is 0 Å². The van der Waals surface area contributed by atoms with Gasteiger partial charge in [-0.1, -0.05) is 0 Å². The van der Waals surface area contributed by atoms with Gasteiger partial charge in [0.15, 0.2) is 11.6 Å². The van der Waals surface area contributed by atoms with E-state index < -0.39 is 22.5 Å². The first kappa shape index (κ1) is 11.8. The van der Waals surface area contributed by atoms with Crippen molar-refractivity contribution in [3.05, 3.63) is 29.6 Å². The van der Waals surface area contributed by atoms with Gasteiger partial charge in [-0.3, -0.25) is 4.79 Å². The first-order valence-electron chi connectivity index (χ1n) is 3.81. The topological polar surface area (TPSA) is 26.3 Å². The second kappa shape index (κ2) is 4.10. The van der Waals surface area contributed by atoms with Crippen LogP contribution in [-0.2, 0) is 0 Å². The number of hydrogen-bond donors (Lipinski definition) is 0. The van der Waals surface area contributed by atoms with Crippen molar-refractivity contribution >= 4 is 17.4 Å². The maximum absolute atomic E-state index is 13.0. The van der Waals surface area contributed by atoms with Crippen molar-refractivity contribution in [3.63, 3.8) is 0 Å². The summed E-state index contributed by atoms with van der Waals surface area (Å²) in [4.78, 5) is 10.9. The first-order valence-corrected chi connectivity index (χ1v) is 4.19. The van der Waals surface area contributed by atoms with Crippen LogP contribution in [0.25, 0.3) is 0 Å². The minimum atomic E-state index is -4.03. The predicted molar refractivity (Wildman–Crippen MR) is 48.1 cm³/mol. The molecule has 2 nitrogen and oxygen atoms in total. The molecule has 0 aliphatic rings. The maximum Gasteiger partial charge on any atom is 0.384 e. The molecule has 0 spiro atoms. The molecule has 82 valence electrons. The van der Waals surface area contributed by atoms with E-state index in [1.165, 1.54) is 7.11 Å². The maximum atomic E-state index is 13.0. The molecule has 0 amide bonds. The van der Waals surface area contributed by atoms with Crippen molar-refractivity contribution < 1.29 is 22.7 Å². The highest BCUT2D eigenvalue weighted by Crippen LogP contribution is 2.26.